The van der Waals surface area contributed by atoms with Crippen molar-refractivity contribution in [2.75, 3.05) is 5.32 Å². The number of carbonyl (C=O) groups is 1. The molecule has 6 nitrogen and oxygen atoms in total. The van der Waals surface area contributed by atoms with Gasteiger partial charge < -0.3 is 15.4 Å². The first kappa shape index (κ1) is 14.2. The van der Waals surface area contributed by atoms with Gasteiger partial charge in [-0.3, -0.25) is 4.79 Å². The summed E-state index contributed by atoms with van der Waals surface area (Å²) in [4.78, 5) is 14.2. The van der Waals surface area contributed by atoms with Gasteiger partial charge in [-0.25, -0.2) is 0 Å². The van der Waals surface area contributed by atoms with Crippen LogP contribution in [0.1, 0.15) is 12.5 Å². The van der Waals surface area contributed by atoms with Gasteiger partial charge in [0.15, 0.2) is 5.88 Å². The van der Waals surface area contributed by atoms with Gasteiger partial charge in [-0.15, -0.1) is 0 Å². The molecule has 1 aliphatic rings. The Balaban J connectivity index is 1.88. The average Bonchev–Trinajstić information content (AvgIpc) is 3.12. The lowest BCUT2D eigenvalue weighted by atomic mass is 10.1. The van der Waals surface area contributed by atoms with Crippen LogP contribution in [0.3, 0.4) is 0 Å². The number of nitrogens with one attached hydrogen (secondary N) is 2. The zero-order valence-corrected chi connectivity index (χ0v) is 12.9. The summed E-state index contributed by atoms with van der Waals surface area (Å²) in [7, 11) is 0. The van der Waals surface area contributed by atoms with Crippen molar-refractivity contribution in [2.24, 2.45) is 10.2 Å². The second-order valence-corrected chi connectivity index (χ2v) is 5.64. The molecule has 0 bridgehead atoms. The first-order valence-electron chi connectivity index (χ1n) is 7.45. The van der Waals surface area contributed by atoms with E-state index < -0.39 is 0 Å². The summed E-state index contributed by atoms with van der Waals surface area (Å²) in [6.45, 7) is 1.46. The van der Waals surface area contributed by atoms with Gasteiger partial charge in [0.05, 0.1) is 11.9 Å². The molecule has 1 amide bonds. The normalized spacial score (nSPS) is 13.1. The topological polar surface area (TPSA) is 89.8 Å². The quantitative estimate of drug-likeness (QED) is 0.677. The van der Waals surface area contributed by atoms with Crippen LogP contribution in [-0.2, 0) is 4.79 Å². The minimum Gasteiger partial charge on any atom is -0.494 e. The number of aromatic nitrogens is 1. The molecule has 118 valence electrons. The molecule has 0 spiro atoms. The first-order valence-corrected chi connectivity index (χ1v) is 7.45. The largest absolute Gasteiger partial charge is 0.494 e. The number of hydrogen-bond acceptors (Lipinski definition) is 4. The summed E-state index contributed by atoms with van der Waals surface area (Å²) in [6.07, 6.45) is 3.59. The zero-order chi connectivity index (χ0) is 16.7. The summed E-state index contributed by atoms with van der Waals surface area (Å²) in [5.74, 6) is -0.0569. The van der Waals surface area contributed by atoms with Crippen molar-refractivity contribution in [2.45, 2.75) is 6.92 Å². The number of fused-ring (bicyclic) bond motifs is 2. The van der Waals surface area contributed by atoms with Crippen LogP contribution in [0.25, 0.3) is 23.2 Å². The van der Waals surface area contributed by atoms with Crippen LogP contribution in [0.2, 0.25) is 0 Å². The van der Waals surface area contributed by atoms with E-state index in [0.29, 0.717) is 11.3 Å². The second kappa shape index (κ2) is 5.34. The van der Waals surface area contributed by atoms with Crippen LogP contribution in [0.15, 0.2) is 46.6 Å². The fourth-order valence-electron chi connectivity index (χ4n) is 2.79. The van der Waals surface area contributed by atoms with Gasteiger partial charge in [0, 0.05) is 34.3 Å². The minimum absolute atomic E-state index is 0.0821. The molecule has 1 aliphatic heterocycles. The Kier molecular flexibility index (Phi) is 3.16. The van der Waals surface area contributed by atoms with E-state index in [0.717, 1.165) is 27.0 Å². The molecule has 0 saturated heterocycles. The van der Waals surface area contributed by atoms with Crippen LogP contribution >= 0.6 is 0 Å². The van der Waals surface area contributed by atoms with Gasteiger partial charge in [-0.1, -0.05) is 12.1 Å². The third-order valence-electron chi connectivity index (χ3n) is 3.87. The Bertz CT molecular complexity index is 1130. The van der Waals surface area contributed by atoms with Crippen molar-refractivity contribution in [1.29, 1.82) is 0 Å². The standard InChI is InChI=1S/C18H14N4O2/c1-10(23)20-13-4-5-16-14(8-13)15(18(24)21-16)6-11-2-3-12-9-19-22-17(12)7-11/h2-9,21,24H,1H3,(H,20,23)/b11-6+. The highest BCUT2D eigenvalue weighted by Gasteiger charge is 2.10. The Labute approximate surface area is 136 Å². The number of aromatic hydroxyl groups is 1. The van der Waals surface area contributed by atoms with Crippen molar-refractivity contribution in [1.82, 2.24) is 4.98 Å². The van der Waals surface area contributed by atoms with Crippen molar-refractivity contribution in [3.63, 3.8) is 0 Å². The van der Waals surface area contributed by atoms with Crippen LogP contribution in [0.4, 0.5) is 11.4 Å². The van der Waals surface area contributed by atoms with E-state index in [1.165, 1.54) is 6.92 Å². The van der Waals surface area contributed by atoms with Gasteiger partial charge in [-0.2, -0.15) is 10.2 Å². The van der Waals surface area contributed by atoms with Crippen LogP contribution in [-0.4, -0.2) is 16.0 Å². The summed E-state index contributed by atoms with van der Waals surface area (Å²) in [5.41, 5.74) is 2.95. The number of anilines is 1. The number of azo groups is 1. The molecule has 4 rings (SSSR count). The number of hydrogen-bond donors (Lipinski definition) is 3. The van der Waals surface area contributed by atoms with E-state index in [9.17, 15) is 9.90 Å². The monoisotopic (exact) mass is 318 g/mol. The highest BCUT2D eigenvalue weighted by molar-refractivity contribution is 5.97. The number of H-pyrrole nitrogens is 1. The lowest BCUT2D eigenvalue weighted by Crippen LogP contribution is -2.06. The molecule has 2 heterocycles. The number of benzene rings is 2. The van der Waals surface area contributed by atoms with Gasteiger partial charge in [0.25, 0.3) is 0 Å². The SMILES string of the molecule is CC(=O)Nc1ccc2[nH]c(O)c(/C=c3\ccc4c(c3)N=NC=4)c2c1. The van der Waals surface area contributed by atoms with Gasteiger partial charge in [0.1, 0.15) is 0 Å². The Morgan fingerprint density at radius 3 is 2.96 bits per heavy atom. The Morgan fingerprint density at radius 1 is 1.25 bits per heavy atom. The van der Waals surface area contributed by atoms with Gasteiger partial charge in [-0.05, 0) is 35.6 Å². The summed E-state index contributed by atoms with van der Waals surface area (Å²) in [5, 5.41) is 23.6. The van der Waals surface area contributed by atoms with Crippen LogP contribution in [0, 0.1) is 0 Å². The predicted molar refractivity (Wildman–Crippen MR) is 92.5 cm³/mol. The van der Waals surface area contributed by atoms with Gasteiger partial charge >= 0.3 is 0 Å². The van der Waals surface area contributed by atoms with E-state index in [4.69, 9.17) is 0 Å². The molecule has 0 unspecified atom stereocenters. The van der Waals surface area contributed by atoms with Crippen molar-refractivity contribution in [3.8, 4) is 5.88 Å². The lowest BCUT2D eigenvalue weighted by molar-refractivity contribution is -0.114. The first-order chi connectivity index (χ1) is 11.6. The molecule has 0 radical (unpaired) electrons. The maximum absolute atomic E-state index is 11.2. The Hall–Kier alpha value is -3.41. The third kappa shape index (κ3) is 2.44. The summed E-state index contributed by atoms with van der Waals surface area (Å²) >= 11 is 0. The molecule has 3 aromatic rings. The molecule has 24 heavy (non-hydrogen) atoms. The van der Waals surface area contributed by atoms with Crippen molar-refractivity contribution in [3.05, 3.63) is 52.4 Å². The van der Waals surface area contributed by atoms with Crippen molar-refractivity contribution < 1.29 is 9.90 Å². The maximum Gasteiger partial charge on any atom is 0.221 e. The molecule has 3 N–H and O–H groups in total. The number of carbonyl (C=O) groups excluding carboxylic acids is 1. The highest BCUT2D eigenvalue weighted by atomic mass is 16.3. The van der Waals surface area contributed by atoms with Crippen molar-refractivity contribution >= 4 is 40.5 Å². The summed E-state index contributed by atoms with van der Waals surface area (Å²) < 4.78 is 0. The Morgan fingerprint density at radius 2 is 2.12 bits per heavy atom. The second-order valence-electron chi connectivity index (χ2n) is 5.64. The maximum atomic E-state index is 11.2. The van der Waals surface area contributed by atoms with E-state index in [2.05, 4.69) is 20.5 Å². The molecule has 0 atom stereocenters. The number of aromatic amines is 1. The molecule has 2 aromatic carbocycles. The number of rotatable bonds is 2. The fraction of sp³-hybridized carbons (Fsp3) is 0.0556. The predicted octanol–water partition coefficient (Wildman–Crippen LogP) is 2.50. The minimum atomic E-state index is -0.139. The molecular weight excluding hydrogens is 304 g/mol. The molecule has 0 fully saturated rings. The van der Waals surface area contributed by atoms with Crippen LogP contribution in [0.5, 0.6) is 5.88 Å². The van der Waals surface area contributed by atoms with Gasteiger partial charge in [0.2, 0.25) is 5.91 Å². The molecular formula is C18H14N4O2. The third-order valence-corrected chi connectivity index (χ3v) is 3.87. The fourth-order valence-corrected chi connectivity index (χ4v) is 2.79. The van der Waals surface area contributed by atoms with E-state index in [1.807, 2.05) is 36.4 Å². The van der Waals surface area contributed by atoms with E-state index in [1.54, 1.807) is 12.3 Å². The van der Waals surface area contributed by atoms with E-state index >= 15 is 0 Å². The van der Waals surface area contributed by atoms with E-state index in [-0.39, 0.29) is 11.8 Å². The number of amides is 1. The molecule has 6 heteroatoms. The molecule has 0 aliphatic carbocycles. The van der Waals surface area contributed by atoms with Crippen LogP contribution < -0.4 is 15.8 Å². The molecule has 1 aromatic heterocycles. The average molecular weight is 318 g/mol. The summed E-state index contributed by atoms with van der Waals surface area (Å²) in [6, 6.07) is 11.2. The molecule has 0 saturated carbocycles. The lowest BCUT2D eigenvalue weighted by Gasteiger charge is -2.02. The zero-order valence-electron chi connectivity index (χ0n) is 12.9. The number of nitrogens with zero attached hydrogens (tertiary/aromatic N) is 2. The highest BCUT2D eigenvalue weighted by Crippen LogP contribution is 2.30. The smallest absolute Gasteiger partial charge is 0.221 e.